The average Bonchev–Trinajstić information content (AvgIpc) is 2.41. The Morgan fingerprint density at radius 1 is 1.32 bits per heavy atom. The minimum absolute atomic E-state index is 0.137. The summed E-state index contributed by atoms with van der Waals surface area (Å²) in [5, 5.41) is 5.65. The van der Waals surface area contributed by atoms with Gasteiger partial charge in [-0.2, -0.15) is 0 Å². The Balaban J connectivity index is 2.47. The number of sulfonamides is 1. The SMILES string of the molecule is CCCC[C@H](C)NC(=O)NCc1cccc(NS(C)(=O)=O)c1. The molecule has 7 heteroatoms. The molecule has 0 spiro atoms. The molecule has 0 saturated heterocycles. The summed E-state index contributed by atoms with van der Waals surface area (Å²) >= 11 is 0. The van der Waals surface area contributed by atoms with E-state index in [9.17, 15) is 13.2 Å². The quantitative estimate of drug-likeness (QED) is 0.685. The number of rotatable bonds is 8. The van der Waals surface area contributed by atoms with E-state index in [0.717, 1.165) is 31.1 Å². The molecule has 0 fully saturated rings. The van der Waals surface area contributed by atoms with Crippen molar-refractivity contribution in [2.24, 2.45) is 0 Å². The highest BCUT2D eigenvalue weighted by atomic mass is 32.2. The molecule has 1 aromatic rings. The molecule has 22 heavy (non-hydrogen) atoms. The Morgan fingerprint density at radius 3 is 2.68 bits per heavy atom. The molecule has 0 aliphatic carbocycles. The van der Waals surface area contributed by atoms with Crippen molar-refractivity contribution in [2.45, 2.75) is 45.7 Å². The molecular formula is C15H25N3O3S. The van der Waals surface area contributed by atoms with Crippen molar-refractivity contribution in [1.82, 2.24) is 10.6 Å². The molecule has 0 heterocycles. The maximum Gasteiger partial charge on any atom is 0.315 e. The molecule has 6 nitrogen and oxygen atoms in total. The third-order valence-electron chi connectivity index (χ3n) is 3.05. The first-order valence-electron chi connectivity index (χ1n) is 7.41. The fourth-order valence-electron chi connectivity index (χ4n) is 2.00. The lowest BCUT2D eigenvalue weighted by molar-refractivity contribution is 0.236. The van der Waals surface area contributed by atoms with Crippen LogP contribution in [0.3, 0.4) is 0 Å². The fourth-order valence-corrected chi connectivity index (χ4v) is 2.55. The van der Waals surface area contributed by atoms with Gasteiger partial charge in [0.05, 0.1) is 6.26 Å². The first-order chi connectivity index (χ1) is 10.3. The van der Waals surface area contributed by atoms with Crippen LogP contribution in [0, 0.1) is 0 Å². The van der Waals surface area contributed by atoms with E-state index >= 15 is 0 Å². The van der Waals surface area contributed by atoms with Gasteiger partial charge < -0.3 is 10.6 Å². The molecule has 1 rings (SSSR count). The van der Waals surface area contributed by atoms with E-state index in [1.54, 1.807) is 18.2 Å². The molecule has 3 N–H and O–H groups in total. The number of nitrogens with one attached hydrogen (secondary N) is 3. The zero-order valence-corrected chi connectivity index (χ0v) is 14.2. The molecule has 0 aliphatic rings. The largest absolute Gasteiger partial charge is 0.336 e. The lowest BCUT2D eigenvalue weighted by Crippen LogP contribution is -2.40. The van der Waals surface area contributed by atoms with Crippen LogP contribution in [0.4, 0.5) is 10.5 Å². The summed E-state index contributed by atoms with van der Waals surface area (Å²) < 4.78 is 24.8. The van der Waals surface area contributed by atoms with Crippen LogP contribution in [0.1, 0.15) is 38.7 Å². The molecular weight excluding hydrogens is 302 g/mol. The van der Waals surface area contributed by atoms with Gasteiger partial charge in [-0.1, -0.05) is 31.9 Å². The van der Waals surface area contributed by atoms with Crippen LogP contribution in [-0.2, 0) is 16.6 Å². The summed E-state index contributed by atoms with van der Waals surface area (Å²) in [7, 11) is -3.30. The van der Waals surface area contributed by atoms with E-state index in [2.05, 4.69) is 22.3 Å². The maximum absolute atomic E-state index is 11.8. The smallest absolute Gasteiger partial charge is 0.315 e. The second-order valence-corrected chi connectivity index (χ2v) is 7.19. The minimum atomic E-state index is -3.30. The van der Waals surface area contributed by atoms with E-state index in [0.29, 0.717) is 12.2 Å². The highest BCUT2D eigenvalue weighted by Crippen LogP contribution is 2.11. The number of anilines is 1. The monoisotopic (exact) mass is 327 g/mol. The highest BCUT2D eigenvalue weighted by Gasteiger charge is 2.07. The predicted octanol–water partition coefficient (Wildman–Crippen LogP) is 2.44. The third kappa shape index (κ3) is 7.87. The Hall–Kier alpha value is -1.76. The van der Waals surface area contributed by atoms with Gasteiger partial charge >= 0.3 is 6.03 Å². The summed E-state index contributed by atoms with van der Waals surface area (Å²) in [6.07, 6.45) is 4.25. The Morgan fingerprint density at radius 2 is 2.05 bits per heavy atom. The molecule has 0 bridgehead atoms. The number of carbonyl (C=O) groups excluding carboxylic acids is 1. The Kier molecular flexibility index (Phi) is 7.17. The van der Waals surface area contributed by atoms with Crippen LogP contribution in [0.5, 0.6) is 0 Å². The van der Waals surface area contributed by atoms with Crippen molar-refractivity contribution in [1.29, 1.82) is 0 Å². The van der Waals surface area contributed by atoms with Crippen molar-refractivity contribution in [3.63, 3.8) is 0 Å². The van der Waals surface area contributed by atoms with Crippen molar-refractivity contribution in [3.05, 3.63) is 29.8 Å². The average molecular weight is 327 g/mol. The molecule has 0 radical (unpaired) electrons. The first-order valence-corrected chi connectivity index (χ1v) is 9.30. The summed E-state index contributed by atoms with van der Waals surface area (Å²) in [6, 6.07) is 6.85. The molecule has 124 valence electrons. The van der Waals surface area contributed by atoms with Crippen LogP contribution in [0.2, 0.25) is 0 Å². The molecule has 2 amide bonds. The van der Waals surface area contributed by atoms with E-state index in [4.69, 9.17) is 0 Å². The predicted molar refractivity (Wildman–Crippen MR) is 89.3 cm³/mol. The number of amides is 2. The van der Waals surface area contributed by atoms with E-state index in [1.165, 1.54) is 0 Å². The summed E-state index contributed by atoms with van der Waals surface area (Å²) in [6.45, 7) is 4.43. The van der Waals surface area contributed by atoms with Crippen LogP contribution in [-0.4, -0.2) is 26.7 Å². The van der Waals surface area contributed by atoms with Crippen molar-refractivity contribution >= 4 is 21.7 Å². The summed E-state index contributed by atoms with van der Waals surface area (Å²) in [4.78, 5) is 11.8. The standard InChI is InChI=1S/C15H25N3O3S/c1-4-5-7-12(2)17-15(19)16-11-13-8-6-9-14(10-13)18-22(3,20)21/h6,8-10,12,18H,4-5,7,11H2,1-3H3,(H2,16,17,19)/t12-/m0/s1. The van der Waals surface area contributed by atoms with Crippen molar-refractivity contribution in [3.8, 4) is 0 Å². The lowest BCUT2D eigenvalue weighted by atomic mass is 10.1. The number of urea groups is 1. The van der Waals surface area contributed by atoms with Crippen LogP contribution in [0.25, 0.3) is 0 Å². The van der Waals surface area contributed by atoms with Crippen LogP contribution < -0.4 is 15.4 Å². The number of carbonyl (C=O) groups is 1. The summed E-state index contributed by atoms with van der Waals surface area (Å²) in [5.74, 6) is 0. The molecule has 0 aliphatic heterocycles. The highest BCUT2D eigenvalue weighted by molar-refractivity contribution is 7.92. The van der Waals surface area contributed by atoms with Gasteiger partial charge in [-0.05, 0) is 31.0 Å². The van der Waals surface area contributed by atoms with Gasteiger partial charge in [0.1, 0.15) is 0 Å². The zero-order chi connectivity index (χ0) is 16.6. The second kappa shape index (κ2) is 8.63. The van der Waals surface area contributed by atoms with Crippen molar-refractivity contribution in [2.75, 3.05) is 11.0 Å². The van der Waals surface area contributed by atoms with Gasteiger partial charge in [0, 0.05) is 18.3 Å². The van der Waals surface area contributed by atoms with Crippen LogP contribution >= 0.6 is 0 Å². The second-order valence-electron chi connectivity index (χ2n) is 5.44. The van der Waals surface area contributed by atoms with E-state index < -0.39 is 10.0 Å². The molecule has 1 aromatic carbocycles. The number of hydrogen-bond donors (Lipinski definition) is 3. The fraction of sp³-hybridized carbons (Fsp3) is 0.533. The minimum Gasteiger partial charge on any atom is -0.336 e. The van der Waals surface area contributed by atoms with Gasteiger partial charge in [0.25, 0.3) is 0 Å². The Labute approximate surface area is 132 Å². The summed E-state index contributed by atoms with van der Waals surface area (Å²) in [5.41, 5.74) is 1.31. The number of unbranched alkanes of at least 4 members (excludes halogenated alkanes) is 1. The van der Waals surface area contributed by atoms with Gasteiger partial charge in [0.2, 0.25) is 10.0 Å². The van der Waals surface area contributed by atoms with E-state index in [1.807, 2.05) is 13.0 Å². The normalized spacial score (nSPS) is 12.5. The number of benzene rings is 1. The van der Waals surface area contributed by atoms with Gasteiger partial charge in [-0.15, -0.1) is 0 Å². The molecule has 0 aromatic heterocycles. The first kappa shape index (κ1) is 18.3. The Bertz CT molecular complexity index is 587. The van der Waals surface area contributed by atoms with Gasteiger partial charge in [0.15, 0.2) is 0 Å². The number of hydrogen-bond acceptors (Lipinski definition) is 3. The van der Waals surface area contributed by atoms with Crippen molar-refractivity contribution < 1.29 is 13.2 Å². The lowest BCUT2D eigenvalue weighted by Gasteiger charge is -2.14. The van der Waals surface area contributed by atoms with Crippen LogP contribution in [0.15, 0.2) is 24.3 Å². The zero-order valence-electron chi connectivity index (χ0n) is 13.3. The van der Waals surface area contributed by atoms with Gasteiger partial charge in [-0.25, -0.2) is 13.2 Å². The third-order valence-corrected chi connectivity index (χ3v) is 3.66. The van der Waals surface area contributed by atoms with Gasteiger partial charge in [-0.3, -0.25) is 4.72 Å². The molecule has 0 saturated carbocycles. The molecule has 0 unspecified atom stereocenters. The topological polar surface area (TPSA) is 87.3 Å². The van der Waals surface area contributed by atoms with E-state index in [-0.39, 0.29) is 12.1 Å². The maximum atomic E-state index is 11.8. The molecule has 1 atom stereocenters.